The summed E-state index contributed by atoms with van der Waals surface area (Å²) in [7, 11) is 0. The summed E-state index contributed by atoms with van der Waals surface area (Å²) >= 11 is 11.6. The molecule has 0 amide bonds. The lowest BCUT2D eigenvalue weighted by Crippen LogP contribution is -2.37. The first-order valence-electron chi connectivity index (χ1n) is 3.97. The number of allylic oxidation sites excluding steroid dienone is 1. The van der Waals surface area contributed by atoms with E-state index in [0.717, 1.165) is 23.3 Å². The van der Waals surface area contributed by atoms with Crippen LogP contribution < -0.4 is 0 Å². The molecule has 1 saturated carbocycles. The van der Waals surface area contributed by atoms with Crippen molar-refractivity contribution in [1.82, 2.24) is 0 Å². The maximum atomic E-state index is 5.87. The first-order valence-corrected chi connectivity index (χ1v) is 4.88. The third-order valence-corrected chi connectivity index (χ3v) is 3.11. The topological polar surface area (TPSA) is 0 Å². The molecule has 1 rings (SSSR count). The van der Waals surface area contributed by atoms with Crippen LogP contribution in [-0.2, 0) is 0 Å². The van der Waals surface area contributed by atoms with E-state index in [1.54, 1.807) is 0 Å². The minimum absolute atomic E-state index is 0.291. The molecular formula is C9H14Cl2. The number of halogens is 2. The van der Waals surface area contributed by atoms with Gasteiger partial charge in [-0.3, -0.25) is 0 Å². The van der Waals surface area contributed by atoms with Crippen LogP contribution in [0.2, 0.25) is 0 Å². The zero-order valence-electron chi connectivity index (χ0n) is 6.87. The first kappa shape index (κ1) is 9.41. The zero-order chi connectivity index (χ0) is 8.48. The fourth-order valence-corrected chi connectivity index (χ4v) is 2.72. The Balaban J connectivity index is 2.44. The van der Waals surface area contributed by atoms with Gasteiger partial charge < -0.3 is 0 Å². The van der Waals surface area contributed by atoms with Crippen molar-refractivity contribution < 1.29 is 0 Å². The molecule has 11 heavy (non-hydrogen) atoms. The third-order valence-electron chi connectivity index (χ3n) is 2.41. The van der Waals surface area contributed by atoms with Crippen LogP contribution in [0.3, 0.4) is 0 Å². The average Bonchev–Trinajstić information content (AvgIpc) is 1.82. The molecule has 0 saturated heterocycles. The van der Waals surface area contributed by atoms with E-state index in [2.05, 4.69) is 13.5 Å². The Morgan fingerprint density at radius 2 is 2.18 bits per heavy atom. The molecule has 0 aromatic rings. The molecule has 0 aromatic carbocycles. The first-order chi connectivity index (χ1) is 5.08. The van der Waals surface area contributed by atoms with Crippen LogP contribution in [0, 0.1) is 11.3 Å². The highest BCUT2D eigenvalue weighted by molar-refractivity contribution is 6.29. The monoisotopic (exact) mass is 192 g/mol. The van der Waals surface area contributed by atoms with Crippen molar-refractivity contribution in [3.05, 3.63) is 11.6 Å². The summed E-state index contributed by atoms with van der Waals surface area (Å²) in [6.45, 7) is 5.95. The van der Waals surface area contributed by atoms with Crippen LogP contribution in [-0.4, -0.2) is 5.88 Å². The van der Waals surface area contributed by atoms with Crippen molar-refractivity contribution >= 4 is 23.2 Å². The molecule has 0 bridgehead atoms. The summed E-state index contributed by atoms with van der Waals surface area (Å²) in [6.07, 6.45) is 3.31. The second kappa shape index (κ2) is 3.37. The van der Waals surface area contributed by atoms with Crippen molar-refractivity contribution in [1.29, 1.82) is 0 Å². The minimum atomic E-state index is 0.291. The second-order valence-corrected chi connectivity index (χ2v) is 4.64. The molecule has 0 nitrogen and oxygen atoms in total. The van der Waals surface area contributed by atoms with Gasteiger partial charge in [-0.15, -0.1) is 11.6 Å². The molecule has 0 aliphatic heterocycles. The van der Waals surface area contributed by atoms with Gasteiger partial charge in [0.1, 0.15) is 0 Å². The van der Waals surface area contributed by atoms with E-state index in [-0.39, 0.29) is 0 Å². The summed E-state index contributed by atoms with van der Waals surface area (Å²) in [5.74, 6) is 1.55. The summed E-state index contributed by atoms with van der Waals surface area (Å²) in [5, 5.41) is 0.748. The molecule has 0 atom stereocenters. The molecule has 64 valence electrons. The van der Waals surface area contributed by atoms with Crippen LogP contribution in [0.5, 0.6) is 0 Å². The maximum absolute atomic E-state index is 5.87. The van der Waals surface area contributed by atoms with E-state index in [0.29, 0.717) is 5.41 Å². The molecule has 0 N–H and O–H groups in total. The SMILES string of the molecule is C=C(Cl)CC1(CCl)CC(C)C1. The Kier molecular flexibility index (Phi) is 2.88. The predicted octanol–water partition coefficient (Wildman–Crippen LogP) is 3.78. The van der Waals surface area contributed by atoms with Crippen molar-refractivity contribution in [3.8, 4) is 0 Å². The summed E-state index contributed by atoms with van der Waals surface area (Å²) in [5.41, 5.74) is 0.291. The highest BCUT2D eigenvalue weighted by atomic mass is 35.5. The Morgan fingerprint density at radius 1 is 1.64 bits per heavy atom. The van der Waals surface area contributed by atoms with Gasteiger partial charge in [-0.1, -0.05) is 25.1 Å². The lowest BCUT2D eigenvalue weighted by Gasteiger charge is -2.45. The zero-order valence-corrected chi connectivity index (χ0v) is 8.38. The summed E-state index contributed by atoms with van der Waals surface area (Å²) in [6, 6.07) is 0. The molecule has 0 spiro atoms. The van der Waals surface area contributed by atoms with Gasteiger partial charge in [0.2, 0.25) is 0 Å². The van der Waals surface area contributed by atoms with Gasteiger partial charge in [-0.05, 0) is 30.6 Å². The molecule has 1 aliphatic carbocycles. The lowest BCUT2D eigenvalue weighted by molar-refractivity contribution is 0.0946. The van der Waals surface area contributed by atoms with Crippen molar-refractivity contribution in [3.63, 3.8) is 0 Å². The van der Waals surface area contributed by atoms with Gasteiger partial charge in [-0.25, -0.2) is 0 Å². The summed E-state index contributed by atoms with van der Waals surface area (Å²) < 4.78 is 0. The molecule has 2 heteroatoms. The standard InChI is InChI=1S/C9H14Cl2/c1-7-3-9(4-7,6-10)5-8(2)11/h7H,2-6H2,1H3. The largest absolute Gasteiger partial charge is 0.126 e. The Bertz CT molecular complexity index is 157. The van der Waals surface area contributed by atoms with Gasteiger partial charge in [0, 0.05) is 10.9 Å². The molecular weight excluding hydrogens is 179 g/mol. The van der Waals surface area contributed by atoms with Crippen LogP contribution >= 0.6 is 23.2 Å². The molecule has 0 unspecified atom stereocenters. The molecule has 0 radical (unpaired) electrons. The van der Waals surface area contributed by atoms with Crippen molar-refractivity contribution in [2.24, 2.45) is 11.3 Å². The molecule has 0 heterocycles. The fraction of sp³-hybridized carbons (Fsp3) is 0.778. The van der Waals surface area contributed by atoms with E-state index in [1.807, 2.05) is 0 Å². The van der Waals surface area contributed by atoms with Gasteiger partial charge in [0.15, 0.2) is 0 Å². The second-order valence-electron chi connectivity index (χ2n) is 3.84. The predicted molar refractivity (Wildman–Crippen MR) is 51.2 cm³/mol. The normalized spacial score (nSPS) is 36.5. The summed E-state index contributed by atoms with van der Waals surface area (Å²) in [4.78, 5) is 0. The number of hydrogen-bond acceptors (Lipinski definition) is 0. The van der Waals surface area contributed by atoms with E-state index in [1.165, 1.54) is 12.8 Å². The lowest BCUT2D eigenvalue weighted by atomic mass is 9.62. The van der Waals surface area contributed by atoms with Crippen LogP contribution in [0.15, 0.2) is 11.6 Å². The Morgan fingerprint density at radius 3 is 2.45 bits per heavy atom. The maximum Gasteiger partial charge on any atom is 0.0283 e. The highest BCUT2D eigenvalue weighted by Crippen LogP contribution is 2.50. The molecule has 1 fully saturated rings. The quantitative estimate of drug-likeness (QED) is 0.598. The van der Waals surface area contributed by atoms with E-state index in [9.17, 15) is 0 Å². The third kappa shape index (κ3) is 2.13. The average molecular weight is 193 g/mol. The molecule has 0 aromatic heterocycles. The fourth-order valence-electron chi connectivity index (χ4n) is 2.13. The van der Waals surface area contributed by atoms with Gasteiger partial charge in [0.05, 0.1) is 0 Å². The number of alkyl halides is 1. The Labute approximate surface area is 78.6 Å². The van der Waals surface area contributed by atoms with Crippen molar-refractivity contribution in [2.45, 2.75) is 26.2 Å². The van der Waals surface area contributed by atoms with Crippen LogP contribution in [0.25, 0.3) is 0 Å². The smallest absolute Gasteiger partial charge is 0.0283 e. The minimum Gasteiger partial charge on any atom is -0.126 e. The van der Waals surface area contributed by atoms with Gasteiger partial charge >= 0.3 is 0 Å². The number of rotatable bonds is 3. The van der Waals surface area contributed by atoms with E-state index >= 15 is 0 Å². The van der Waals surface area contributed by atoms with Crippen LogP contribution in [0.1, 0.15) is 26.2 Å². The van der Waals surface area contributed by atoms with Gasteiger partial charge in [-0.2, -0.15) is 0 Å². The molecule has 1 aliphatic rings. The van der Waals surface area contributed by atoms with Crippen molar-refractivity contribution in [2.75, 3.05) is 5.88 Å². The van der Waals surface area contributed by atoms with Gasteiger partial charge in [0.25, 0.3) is 0 Å². The van der Waals surface area contributed by atoms with E-state index < -0.39 is 0 Å². The Hall–Kier alpha value is 0.320. The van der Waals surface area contributed by atoms with E-state index in [4.69, 9.17) is 23.2 Å². The highest BCUT2D eigenvalue weighted by Gasteiger charge is 2.41. The van der Waals surface area contributed by atoms with Crippen LogP contribution in [0.4, 0.5) is 0 Å². The number of hydrogen-bond donors (Lipinski definition) is 0.